The zero-order chi connectivity index (χ0) is 13.1. The van der Waals surface area contributed by atoms with Gasteiger partial charge in [0.1, 0.15) is 5.82 Å². The summed E-state index contributed by atoms with van der Waals surface area (Å²) in [5.41, 5.74) is 2.30. The van der Waals surface area contributed by atoms with E-state index < -0.39 is 0 Å². The van der Waals surface area contributed by atoms with Crippen LogP contribution in [0.15, 0.2) is 34.3 Å². The van der Waals surface area contributed by atoms with E-state index in [-0.39, 0.29) is 12.4 Å². The number of rotatable bonds is 3. The van der Waals surface area contributed by atoms with Crippen molar-refractivity contribution in [2.75, 3.05) is 0 Å². The van der Waals surface area contributed by atoms with Gasteiger partial charge >= 0.3 is 0 Å². The second-order valence-corrected chi connectivity index (χ2v) is 5.03. The third-order valence-electron chi connectivity index (χ3n) is 2.28. The van der Waals surface area contributed by atoms with E-state index in [0.29, 0.717) is 15.6 Å². The van der Waals surface area contributed by atoms with Crippen LogP contribution in [-0.2, 0) is 6.61 Å². The monoisotopic (exact) mass is 264 g/mol. The molecule has 0 aliphatic carbocycles. The zero-order valence-corrected chi connectivity index (χ0v) is 11.0. The van der Waals surface area contributed by atoms with E-state index in [4.69, 9.17) is 5.11 Å². The molecule has 0 unspecified atom stereocenters. The van der Waals surface area contributed by atoms with Crippen LogP contribution in [0.2, 0.25) is 0 Å². The summed E-state index contributed by atoms with van der Waals surface area (Å²) in [5, 5.41) is 9.62. The second kappa shape index (κ2) is 5.46. The molecule has 0 saturated heterocycles. The molecule has 0 atom stereocenters. The molecule has 0 radical (unpaired) electrons. The van der Waals surface area contributed by atoms with Crippen LogP contribution in [-0.4, -0.2) is 15.1 Å². The second-order valence-electron chi connectivity index (χ2n) is 3.99. The van der Waals surface area contributed by atoms with Crippen molar-refractivity contribution in [2.24, 2.45) is 0 Å². The van der Waals surface area contributed by atoms with Gasteiger partial charge in [-0.05, 0) is 55.4 Å². The van der Waals surface area contributed by atoms with Gasteiger partial charge in [-0.25, -0.2) is 14.4 Å². The minimum atomic E-state index is -0.367. The quantitative estimate of drug-likeness (QED) is 0.866. The molecule has 0 aliphatic rings. The van der Waals surface area contributed by atoms with Crippen molar-refractivity contribution in [2.45, 2.75) is 30.5 Å². The van der Waals surface area contributed by atoms with Gasteiger partial charge in [-0.3, -0.25) is 0 Å². The smallest absolute Gasteiger partial charge is 0.192 e. The average molecular weight is 264 g/mol. The molecule has 0 amide bonds. The summed E-state index contributed by atoms with van der Waals surface area (Å²) in [7, 11) is 0. The summed E-state index contributed by atoms with van der Waals surface area (Å²) in [6.45, 7) is 3.60. The number of hydrogen-bond donors (Lipinski definition) is 1. The zero-order valence-electron chi connectivity index (χ0n) is 10.1. The molecule has 0 saturated carbocycles. The molecular formula is C13H13FN2OS. The van der Waals surface area contributed by atoms with Crippen molar-refractivity contribution in [3.63, 3.8) is 0 Å². The first-order valence-electron chi connectivity index (χ1n) is 5.47. The largest absolute Gasteiger partial charge is 0.392 e. The fourth-order valence-electron chi connectivity index (χ4n) is 1.62. The highest BCUT2D eigenvalue weighted by molar-refractivity contribution is 7.99. The lowest BCUT2D eigenvalue weighted by atomic mass is 10.2. The maximum absolute atomic E-state index is 13.3. The normalized spacial score (nSPS) is 10.7. The first-order valence-corrected chi connectivity index (χ1v) is 6.29. The molecule has 1 N–H and O–H groups in total. The van der Waals surface area contributed by atoms with Crippen molar-refractivity contribution in [3.8, 4) is 0 Å². The molecule has 5 heteroatoms. The summed E-state index contributed by atoms with van der Waals surface area (Å²) in [6.07, 6.45) is 0. The molecule has 1 heterocycles. The Hall–Kier alpha value is -1.46. The van der Waals surface area contributed by atoms with Crippen molar-refractivity contribution in [1.82, 2.24) is 9.97 Å². The molecule has 0 bridgehead atoms. The van der Waals surface area contributed by atoms with Crippen molar-refractivity contribution in [3.05, 3.63) is 47.0 Å². The predicted molar refractivity (Wildman–Crippen MR) is 68.0 cm³/mol. The van der Waals surface area contributed by atoms with Crippen molar-refractivity contribution < 1.29 is 9.50 Å². The van der Waals surface area contributed by atoms with Crippen LogP contribution in [0.5, 0.6) is 0 Å². The van der Waals surface area contributed by atoms with E-state index in [9.17, 15) is 4.39 Å². The van der Waals surface area contributed by atoms with Crippen molar-refractivity contribution in [1.29, 1.82) is 0 Å². The molecule has 1 aromatic carbocycles. The first kappa shape index (κ1) is 13.0. The van der Waals surface area contributed by atoms with E-state index >= 15 is 0 Å². The SMILES string of the molecule is Cc1cc(C)nc(Sc2cc(F)cc(CO)c2)n1. The molecule has 94 valence electrons. The Morgan fingerprint density at radius 2 is 1.78 bits per heavy atom. The van der Waals surface area contributed by atoms with Crippen LogP contribution < -0.4 is 0 Å². The van der Waals surface area contributed by atoms with Gasteiger partial charge in [0.2, 0.25) is 0 Å². The van der Waals surface area contributed by atoms with Crippen LogP contribution >= 0.6 is 11.8 Å². The molecule has 2 aromatic rings. The number of aliphatic hydroxyl groups is 1. The van der Waals surface area contributed by atoms with Crippen LogP contribution in [0, 0.1) is 19.7 Å². The fraction of sp³-hybridized carbons (Fsp3) is 0.231. The van der Waals surface area contributed by atoms with Gasteiger partial charge in [0.15, 0.2) is 5.16 Å². The number of nitrogens with zero attached hydrogens (tertiary/aromatic N) is 2. The van der Waals surface area contributed by atoms with Crippen LogP contribution in [0.1, 0.15) is 17.0 Å². The minimum Gasteiger partial charge on any atom is -0.392 e. The minimum absolute atomic E-state index is 0.182. The topological polar surface area (TPSA) is 46.0 Å². The van der Waals surface area contributed by atoms with E-state index in [0.717, 1.165) is 11.4 Å². The highest BCUT2D eigenvalue weighted by Gasteiger charge is 2.05. The Kier molecular flexibility index (Phi) is 3.93. The lowest BCUT2D eigenvalue weighted by Crippen LogP contribution is -1.93. The Labute approximate surface area is 109 Å². The van der Waals surface area contributed by atoms with Gasteiger partial charge in [-0.1, -0.05) is 0 Å². The third-order valence-corrected chi connectivity index (χ3v) is 3.12. The average Bonchev–Trinajstić information content (AvgIpc) is 2.26. The van der Waals surface area contributed by atoms with E-state index in [2.05, 4.69) is 9.97 Å². The van der Waals surface area contributed by atoms with Crippen LogP contribution in [0.3, 0.4) is 0 Å². The van der Waals surface area contributed by atoms with Gasteiger partial charge in [0.25, 0.3) is 0 Å². The predicted octanol–water partition coefficient (Wildman–Crippen LogP) is 2.88. The molecule has 0 aliphatic heterocycles. The van der Waals surface area contributed by atoms with E-state index in [1.807, 2.05) is 19.9 Å². The molecule has 0 fully saturated rings. The van der Waals surface area contributed by atoms with Gasteiger partial charge in [-0.2, -0.15) is 0 Å². The molecule has 3 nitrogen and oxygen atoms in total. The van der Waals surface area contributed by atoms with Gasteiger partial charge in [-0.15, -0.1) is 0 Å². The number of hydrogen-bond acceptors (Lipinski definition) is 4. The van der Waals surface area contributed by atoms with E-state index in [1.54, 1.807) is 6.07 Å². The molecule has 1 aromatic heterocycles. The maximum atomic E-state index is 13.3. The number of aromatic nitrogens is 2. The summed E-state index contributed by atoms with van der Waals surface area (Å²) in [6, 6.07) is 6.33. The van der Waals surface area contributed by atoms with Gasteiger partial charge < -0.3 is 5.11 Å². The molecule has 0 spiro atoms. The fourth-order valence-corrected chi connectivity index (χ4v) is 2.59. The highest BCUT2D eigenvalue weighted by Crippen LogP contribution is 2.26. The number of benzene rings is 1. The molecule has 18 heavy (non-hydrogen) atoms. The third kappa shape index (κ3) is 3.27. The van der Waals surface area contributed by atoms with E-state index in [1.165, 1.54) is 23.9 Å². The van der Waals surface area contributed by atoms with Gasteiger partial charge in [0, 0.05) is 16.3 Å². The Balaban J connectivity index is 2.30. The summed E-state index contributed by atoms with van der Waals surface area (Å²) >= 11 is 1.29. The Bertz CT molecular complexity index is 555. The Morgan fingerprint density at radius 1 is 1.11 bits per heavy atom. The maximum Gasteiger partial charge on any atom is 0.192 e. The van der Waals surface area contributed by atoms with Crippen LogP contribution in [0.25, 0.3) is 0 Å². The number of aliphatic hydroxyl groups excluding tert-OH is 1. The molecular weight excluding hydrogens is 251 g/mol. The summed E-state index contributed by atoms with van der Waals surface area (Å²) < 4.78 is 13.3. The summed E-state index contributed by atoms with van der Waals surface area (Å²) in [5.74, 6) is -0.367. The first-order chi connectivity index (χ1) is 8.56. The van der Waals surface area contributed by atoms with Gasteiger partial charge in [0.05, 0.1) is 6.61 Å². The number of aryl methyl sites for hydroxylation is 2. The lowest BCUT2D eigenvalue weighted by Gasteiger charge is -2.05. The Morgan fingerprint density at radius 3 is 2.39 bits per heavy atom. The highest BCUT2D eigenvalue weighted by atomic mass is 32.2. The standard InChI is InChI=1S/C13H13FN2OS/c1-8-3-9(2)16-13(15-8)18-12-5-10(7-17)4-11(14)6-12/h3-6,17H,7H2,1-2H3. The van der Waals surface area contributed by atoms with Crippen LogP contribution in [0.4, 0.5) is 4.39 Å². The van der Waals surface area contributed by atoms with Crippen molar-refractivity contribution >= 4 is 11.8 Å². The summed E-state index contributed by atoms with van der Waals surface area (Å²) in [4.78, 5) is 9.25. The number of halogens is 1. The lowest BCUT2D eigenvalue weighted by molar-refractivity contribution is 0.281. The molecule has 2 rings (SSSR count).